The van der Waals surface area contributed by atoms with Gasteiger partial charge in [-0.05, 0) is 63.1 Å². The molecule has 0 aromatic heterocycles. The van der Waals surface area contributed by atoms with Gasteiger partial charge in [-0.1, -0.05) is 11.6 Å². The number of amides is 1. The van der Waals surface area contributed by atoms with E-state index in [1.54, 1.807) is 30.3 Å². The van der Waals surface area contributed by atoms with Crippen LogP contribution in [-0.4, -0.2) is 44.9 Å². The number of rotatable bonds is 8. The lowest BCUT2D eigenvalue weighted by Gasteiger charge is -2.31. The van der Waals surface area contributed by atoms with E-state index < -0.39 is 15.9 Å². The van der Waals surface area contributed by atoms with Crippen molar-refractivity contribution in [1.29, 1.82) is 0 Å². The standard InChI is InChI=1S/C22H27ClN2O5S/c1-3-29-18-9-12-21(30-4-2)20(14-18)24-22(26)16-6-5-13-25(15-16)31(27,28)19-10-7-17(23)8-11-19/h7-12,14,16H,3-6,13,15H2,1-2H3,(H,24,26). The van der Waals surface area contributed by atoms with Crippen LogP contribution in [0.3, 0.4) is 0 Å². The lowest BCUT2D eigenvalue weighted by Crippen LogP contribution is -2.43. The topological polar surface area (TPSA) is 84.9 Å². The van der Waals surface area contributed by atoms with Gasteiger partial charge in [-0.2, -0.15) is 4.31 Å². The summed E-state index contributed by atoms with van der Waals surface area (Å²) in [6.07, 6.45) is 1.20. The van der Waals surface area contributed by atoms with Gasteiger partial charge >= 0.3 is 0 Å². The minimum atomic E-state index is -3.70. The number of benzene rings is 2. The largest absolute Gasteiger partial charge is 0.494 e. The zero-order valence-electron chi connectivity index (χ0n) is 17.6. The number of hydrogen-bond acceptors (Lipinski definition) is 5. The van der Waals surface area contributed by atoms with Crippen molar-refractivity contribution in [3.8, 4) is 11.5 Å². The molecular weight excluding hydrogens is 440 g/mol. The molecule has 2 aromatic rings. The molecule has 0 aliphatic carbocycles. The molecule has 1 amide bonds. The highest BCUT2D eigenvalue weighted by Gasteiger charge is 2.33. The van der Waals surface area contributed by atoms with Gasteiger partial charge in [0, 0.05) is 24.2 Å². The van der Waals surface area contributed by atoms with E-state index >= 15 is 0 Å². The summed E-state index contributed by atoms with van der Waals surface area (Å²) in [6.45, 7) is 5.19. The second-order valence-corrected chi connectivity index (χ2v) is 9.54. The van der Waals surface area contributed by atoms with Crippen molar-refractivity contribution >= 4 is 33.2 Å². The van der Waals surface area contributed by atoms with Crippen molar-refractivity contribution < 1.29 is 22.7 Å². The maximum atomic E-state index is 13.0. The minimum absolute atomic E-state index is 0.117. The summed E-state index contributed by atoms with van der Waals surface area (Å²) in [6, 6.07) is 11.3. The molecule has 9 heteroatoms. The van der Waals surface area contributed by atoms with E-state index in [0.717, 1.165) is 0 Å². The Morgan fingerprint density at radius 3 is 2.52 bits per heavy atom. The molecule has 31 heavy (non-hydrogen) atoms. The number of hydrogen-bond donors (Lipinski definition) is 1. The molecule has 1 saturated heterocycles. The molecule has 0 saturated carbocycles. The van der Waals surface area contributed by atoms with Crippen molar-refractivity contribution in [1.82, 2.24) is 4.31 Å². The molecular formula is C22H27ClN2O5S. The van der Waals surface area contributed by atoms with Gasteiger partial charge in [0.05, 0.1) is 29.7 Å². The summed E-state index contributed by atoms with van der Waals surface area (Å²) in [5.41, 5.74) is 0.510. The number of carbonyl (C=O) groups excluding carboxylic acids is 1. The normalized spacial score (nSPS) is 17.2. The summed E-state index contributed by atoms with van der Waals surface area (Å²) in [7, 11) is -3.70. The molecule has 1 aliphatic rings. The average molecular weight is 467 g/mol. The number of nitrogens with one attached hydrogen (secondary N) is 1. The molecule has 2 aromatic carbocycles. The first kappa shape index (κ1) is 23.4. The first-order valence-corrected chi connectivity index (χ1v) is 12.1. The summed E-state index contributed by atoms with van der Waals surface area (Å²) < 4.78 is 38.5. The van der Waals surface area contributed by atoms with Gasteiger partial charge in [0.2, 0.25) is 15.9 Å². The van der Waals surface area contributed by atoms with Gasteiger partial charge in [0.1, 0.15) is 11.5 Å². The van der Waals surface area contributed by atoms with Crippen LogP contribution in [0.5, 0.6) is 11.5 Å². The number of piperidine rings is 1. The smallest absolute Gasteiger partial charge is 0.243 e. The number of nitrogens with zero attached hydrogens (tertiary/aromatic N) is 1. The molecule has 1 aliphatic heterocycles. The molecule has 1 heterocycles. The van der Waals surface area contributed by atoms with E-state index in [2.05, 4.69) is 5.32 Å². The highest BCUT2D eigenvalue weighted by Crippen LogP contribution is 2.31. The third-order valence-corrected chi connectivity index (χ3v) is 7.16. The SMILES string of the molecule is CCOc1ccc(OCC)c(NC(=O)C2CCCN(S(=O)(=O)c3ccc(Cl)cc3)C2)c1. The monoisotopic (exact) mass is 466 g/mol. The van der Waals surface area contributed by atoms with Crippen LogP contribution < -0.4 is 14.8 Å². The molecule has 0 radical (unpaired) electrons. The summed E-state index contributed by atoms with van der Waals surface area (Å²) in [5, 5.41) is 3.37. The van der Waals surface area contributed by atoms with E-state index in [-0.39, 0.29) is 17.3 Å². The third-order valence-electron chi connectivity index (χ3n) is 5.03. The number of ether oxygens (including phenoxy) is 2. The highest BCUT2D eigenvalue weighted by molar-refractivity contribution is 7.89. The number of sulfonamides is 1. The molecule has 1 atom stereocenters. The molecule has 168 valence electrons. The fourth-order valence-corrected chi connectivity index (χ4v) is 5.16. The maximum Gasteiger partial charge on any atom is 0.243 e. The van der Waals surface area contributed by atoms with Crippen molar-refractivity contribution in [3.63, 3.8) is 0 Å². The Kier molecular flexibility index (Phi) is 7.80. The van der Waals surface area contributed by atoms with E-state index in [4.69, 9.17) is 21.1 Å². The Hall–Kier alpha value is -2.29. The first-order valence-electron chi connectivity index (χ1n) is 10.3. The number of carbonyl (C=O) groups is 1. The van der Waals surface area contributed by atoms with Crippen LogP contribution in [0.15, 0.2) is 47.4 Å². The Morgan fingerprint density at radius 2 is 1.84 bits per heavy atom. The van der Waals surface area contributed by atoms with Crippen molar-refractivity contribution in [2.75, 3.05) is 31.6 Å². The lowest BCUT2D eigenvalue weighted by atomic mass is 9.98. The number of halogens is 1. The zero-order valence-corrected chi connectivity index (χ0v) is 19.2. The molecule has 0 bridgehead atoms. The van der Waals surface area contributed by atoms with Gasteiger partial charge in [-0.15, -0.1) is 0 Å². The molecule has 3 rings (SSSR count). The zero-order chi connectivity index (χ0) is 22.4. The Balaban J connectivity index is 1.75. The summed E-state index contributed by atoms with van der Waals surface area (Å²) >= 11 is 5.87. The predicted molar refractivity (Wildman–Crippen MR) is 120 cm³/mol. The Labute approximate surface area is 188 Å². The first-order chi connectivity index (χ1) is 14.8. The molecule has 1 fully saturated rings. The van der Waals surface area contributed by atoms with Gasteiger partial charge in [0.15, 0.2) is 0 Å². The van der Waals surface area contributed by atoms with Crippen molar-refractivity contribution in [2.45, 2.75) is 31.6 Å². The van der Waals surface area contributed by atoms with E-state index in [0.29, 0.717) is 54.8 Å². The second kappa shape index (κ2) is 10.3. The fraction of sp³-hybridized carbons (Fsp3) is 0.409. The Morgan fingerprint density at radius 1 is 1.13 bits per heavy atom. The van der Waals surface area contributed by atoms with Crippen LogP contribution in [-0.2, 0) is 14.8 Å². The molecule has 1 unspecified atom stereocenters. The quantitative estimate of drug-likeness (QED) is 0.630. The van der Waals surface area contributed by atoms with E-state index in [1.807, 2.05) is 13.8 Å². The fourth-order valence-electron chi connectivity index (χ4n) is 3.51. The predicted octanol–water partition coefficient (Wildman–Crippen LogP) is 4.18. The van der Waals surface area contributed by atoms with Crippen LogP contribution in [0.4, 0.5) is 5.69 Å². The van der Waals surface area contributed by atoms with Gasteiger partial charge < -0.3 is 14.8 Å². The van der Waals surface area contributed by atoms with Crippen LogP contribution in [0.25, 0.3) is 0 Å². The molecule has 0 spiro atoms. The second-order valence-electron chi connectivity index (χ2n) is 7.17. The van der Waals surface area contributed by atoms with Crippen LogP contribution in [0, 0.1) is 5.92 Å². The summed E-state index contributed by atoms with van der Waals surface area (Å²) in [4.78, 5) is 13.2. The van der Waals surface area contributed by atoms with Crippen LogP contribution in [0.2, 0.25) is 5.02 Å². The average Bonchev–Trinajstić information content (AvgIpc) is 2.76. The third kappa shape index (κ3) is 5.70. The summed E-state index contributed by atoms with van der Waals surface area (Å²) in [5.74, 6) is 0.448. The van der Waals surface area contributed by atoms with Crippen molar-refractivity contribution in [3.05, 3.63) is 47.5 Å². The molecule has 1 N–H and O–H groups in total. The van der Waals surface area contributed by atoms with E-state index in [9.17, 15) is 13.2 Å². The van der Waals surface area contributed by atoms with Crippen LogP contribution in [0.1, 0.15) is 26.7 Å². The maximum absolute atomic E-state index is 13.0. The highest BCUT2D eigenvalue weighted by atomic mass is 35.5. The van der Waals surface area contributed by atoms with Gasteiger partial charge in [0.25, 0.3) is 0 Å². The minimum Gasteiger partial charge on any atom is -0.494 e. The van der Waals surface area contributed by atoms with Crippen LogP contribution >= 0.6 is 11.6 Å². The van der Waals surface area contributed by atoms with Crippen molar-refractivity contribution in [2.24, 2.45) is 5.92 Å². The number of anilines is 1. The lowest BCUT2D eigenvalue weighted by molar-refractivity contribution is -0.120. The molecule has 7 nitrogen and oxygen atoms in total. The van der Waals surface area contributed by atoms with E-state index in [1.165, 1.54) is 16.4 Å². The van der Waals surface area contributed by atoms with Gasteiger partial charge in [-0.3, -0.25) is 4.79 Å². The van der Waals surface area contributed by atoms with Gasteiger partial charge in [-0.25, -0.2) is 8.42 Å². The Bertz CT molecular complexity index is 1010.